The van der Waals surface area contributed by atoms with Crippen molar-refractivity contribution in [2.75, 3.05) is 20.6 Å². The lowest BCUT2D eigenvalue weighted by Crippen LogP contribution is -2.36. The maximum Gasteiger partial charge on any atom is 0.254 e. The fraction of sp³-hybridized carbons (Fsp3) is 0.364. The fourth-order valence-electron chi connectivity index (χ4n) is 1.34. The summed E-state index contributed by atoms with van der Waals surface area (Å²) in [6.07, 6.45) is 0. The van der Waals surface area contributed by atoms with Gasteiger partial charge in [-0.05, 0) is 19.1 Å². The van der Waals surface area contributed by atoms with Gasteiger partial charge < -0.3 is 10.2 Å². The molecular formula is C11H14ClN3O2. The van der Waals surface area contributed by atoms with E-state index in [4.69, 9.17) is 11.6 Å². The number of amides is 2. The number of likely N-dealkylation sites (N-methyl/N-ethyl adjacent to an activating group) is 2. The lowest BCUT2D eigenvalue weighted by atomic mass is 10.2. The number of carbonyl (C=O) groups is 2. The van der Waals surface area contributed by atoms with E-state index in [2.05, 4.69) is 10.3 Å². The van der Waals surface area contributed by atoms with Crippen LogP contribution in [-0.2, 0) is 4.79 Å². The van der Waals surface area contributed by atoms with Gasteiger partial charge in [-0.25, -0.2) is 4.98 Å². The minimum atomic E-state index is -0.263. The van der Waals surface area contributed by atoms with E-state index < -0.39 is 0 Å². The Bertz CT molecular complexity index is 428. The van der Waals surface area contributed by atoms with Gasteiger partial charge in [-0.3, -0.25) is 9.59 Å². The molecule has 0 spiro atoms. The number of pyridine rings is 1. The number of rotatable bonds is 3. The highest BCUT2D eigenvalue weighted by Gasteiger charge is 2.15. The molecule has 1 N–H and O–H groups in total. The van der Waals surface area contributed by atoms with Crippen molar-refractivity contribution in [3.05, 3.63) is 28.5 Å². The molecule has 1 rings (SSSR count). The molecule has 6 heteroatoms. The molecule has 0 aliphatic carbocycles. The van der Waals surface area contributed by atoms with Crippen LogP contribution in [0.4, 0.5) is 0 Å². The van der Waals surface area contributed by atoms with E-state index in [0.29, 0.717) is 11.3 Å². The van der Waals surface area contributed by atoms with Crippen LogP contribution in [-0.4, -0.2) is 42.3 Å². The Labute approximate surface area is 105 Å². The SMILES string of the molecule is CNC(=O)CN(C)C(=O)c1cc(C)nc(Cl)c1. The van der Waals surface area contributed by atoms with Crippen molar-refractivity contribution < 1.29 is 9.59 Å². The minimum Gasteiger partial charge on any atom is -0.358 e. The first-order valence-electron chi connectivity index (χ1n) is 5.04. The molecule has 0 radical (unpaired) electrons. The van der Waals surface area contributed by atoms with Crippen molar-refractivity contribution in [1.82, 2.24) is 15.2 Å². The molecule has 0 saturated heterocycles. The zero-order valence-corrected chi connectivity index (χ0v) is 10.7. The van der Waals surface area contributed by atoms with E-state index in [1.807, 2.05) is 0 Å². The van der Waals surface area contributed by atoms with Crippen LogP contribution in [0, 0.1) is 6.92 Å². The first kappa shape index (κ1) is 13.4. The molecule has 17 heavy (non-hydrogen) atoms. The van der Waals surface area contributed by atoms with E-state index in [0.717, 1.165) is 0 Å². The molecular weight excluding hydrogens is 242 g/mol. The van der Waals surface area contributed by atoms with Gasteiger partial charge in [0.05, 0.1) is 6.54 Å². The predicted molar refractivity (Wildman–Crippen MR) is 65.0 cm³/mol. The van der Waals surface area contributed by atoms with Crippen molar-refractivity contribution in [3.63, 3.8) is 0 Å². The molecule has 0 aliphatic rings. The highest BCUT2D eigenvalue weighted by Crippen LogP contribution is 2.12. The number of nitrogens with zero attached hydrogens (tertiary/aromatic N) is 2. The number of aromatic nitrogens is 1. The lowest BCUT2D eigenvalue weighted by molar-refractivity contribution is -0.121. The van der Waals surface area contributed by atoms with E-state index in [1.54, 1.807) is 20.0 Å². The molecule has 0 unspecified atom stereocenters. The number of aryl methyl sites for hydroxylation is 1. The van der Waals surface area contributed by atoms with Crippen LogP contribution in [0.15, 0.2) is 12.1 Å². The van der Waals surface area contributed by atoms with Crippen LogP contribution in [0.2, 0.25) is 5.15 Å². The normalized spacial score (nSPS) is 9.88. The van der Waals surface area contributed by atoms with Gasteiger partial charge in [-0.15, -0.1) is 0 Å². The van der Waals surface area contributed by atoms with Crippen molar-refractivity contribution in [3.8, 4) is 0 Å². The number of hydrogen-bond donors (Lipinski definition) is 1. The number of nitrogens with one attached hydrogen (secondary N) is 1. The quantitative estimate of drug-likeness (QED) is 0.815. The molecule has 1 aromatic heterocycles. The van der Waals surface area contributed by atoms with Crippen LogP contribution in [0.3, 0.4) is 0 Å². The average molecular weight is 256 g/mol. The smallest absolute Gasteiger partial charge is 0.254 e. The number of carbonyl (C=O) groups excluding carboxylic acids is 2. The Balaban J connectivity index is 2.85. The van der Waals surface area contributed by atoms with Crippen molar-refractivity contribution in [2.24, 2.45) is 0 Å². The molecule has 5 nitrogen and oxygen atoms in total. The highest BCUT2D eigenvalue weighted by molar-refractivity contribution is 6.29. The van der Waals surface area contributed by atoms with Gasteiger partial charge >= 0.3 is 0 Å². The van der Waals surface area contributed by atoms with Crippen molar-refractivity contribution >= 4 is 23.4 Å². The second-order valence-corrected chi connectivity index (χ2v) is 4.04. The highest BCUT2D eigenvalue weighted by atomic mass is 35.5. The molecule has 1 aromatic rings. The zero-order chi connectivity index (χ0) is 13.0. The van der Waals surface area contributed by atoms with Gasteiger partial charge in [0.25, 0.3) is 5.91 Å². The summed E-state index contributed by atoms with van der Waals surface area (Å²) in [4.78, 5) is 28.4. The van der Waals surface area contributed by atoms with Crippen LogP contribution in [0.5, 0.6) is 0 Å². The molecule has 1 heterocycles. The summed E-state index contributed by atoms with van der Waals surface area (Å²) >= 11 is 5.77. The standard InChI is InChI=1S/C11H14ClN3O2/c1-7-4-8(5-9(12)14-7)11(17)15(3)6-10(16)13-2/h4-5H,6H2,1-3H3,(H,13,16). The second-order valence-electron chi connectivity index (χ2n) is 3.65. The number of halogens is 1. The van der Waals surface area contributed by atoms with Crippen LogP contribution in [0.25, 0.3) is 0 Å². The lowest BCUT2D eigenvalue weighted by Gasteiger charge is -2.16. The Hall–Kier alpha value is -1.62. The summed E-state index contributed by atoms with van der Waals surface area (Å²) < 4.78 is 0. The third kappa shape index (κ3) is 3.71. The molecule has 0 atom stereocenters. The summed E-state index contributed by atoms with van der Waals surface area (Å²) in [5.41, 5.74) is 1.09. The van der Waals surface area contributed by atoms with Crippen LogP contribution in [0.1, 0.15) is 16.1 Å². The fourth-order valence-corrected chi connectivity index (χ4v) is 1.59. The monoisotopic (exact) mass is 255 g/mol. The van der Waals surface area contributed by atoms with Crippen LogP contribution >= 0.6 is 11.6 Å². The molecule has 0 saturated carbocycles. The summed E-state index contributed by atoms with van der Waals surface area (Å²) in [5.74, 6) is -0.487. The Morgan fingerprint density at radius 3 is 2.65 bits per heavy atom. The average Bonchev–Trinajstić information content (AvgIpc) is 2.26. The predicted octanol–water partition coefficient (Wildman–Crippen LogP) is 0.861. The summed E-state index contributed by atoms with van der Waals surface area (Å²) in [6.45, 7) is 1.76. The molecule has 92 valence electrons. The van der Waals surface area contributed by atoms with E-state index in [1.165, 1.54) is 18.0 Å². The van der Waals surface area contributed by atoms with Gasteiger partial charge in [0.1, 0.15) is 5.15 Å². The van der Waals surface area contributed by atoms with Gasteiger partial charge in [0.15, 0.2) is 0 Å². The maximum absolute atomic E-state index is 12.0. The molecule has 0 fully saturated rings. The Kier molecular flexibility index (Phi) is 4.45. The summed E-state index contributed by atoms with van der Waals surface area (Å²) in [7, 11) is 3.08. The number of hydrogen-bond acceptors (Lipinski definition) is 3. The first-order chi connectivity index (χ1) is 7.93. The first-order valence-corrected chi connectivity index (χ1v) is 5.42. The summed E-state index contributed by atoms with van der Waals surface area (Å²) in [6, 6.07) is 3.12. The van der Waals surface area contributed by atoms with Crippen molar-refractivity contribution in [2.45, 2.75) is 6.92 Å². The third-order valence-corrected chi connectivity index (χ3v) is 2.37. The summed E-state index contributed by atoms with van der Waals surface area (Å²) in [5, 5.41) is 2.72. The minimum absolute atomic E-state index is 0.00826. The largest absolute Gasteiger partial charge is 0.358 e. The molecule has 0 aromatic carbocycles. The van der Waals surface area contributed by atoms with Crippen LogP contribution < -0.4 is 5.32 Å². The van der Waals surface area contributed by atoms with Gasteiger partial charge in [0, 0.05) is 25.4 Å². The van der Waals surface area contributed by atoms with E-state index >= 15 is 0 Å². The second kappa shape index (κ2) is 5.63. The topological polar surface area (TPSA) is 62.3 Å². The Morgan fingerprint density at radius 2 is 2.12 bits per heavy atom. The van der Waals surface area contributed by atoms with Gasteiger partial charge in [-0.2, -0.15) is 0 Å². The zero-order valence-electron chi connectivity index (χ0n) is 9.95. The van der Waals surface area contributed by atoms with E-state index in [-0.39, 0.29) is 23.5 Å². The van der Waals surface area contributed by atoms with Gasteiger partial charge in [0.2, 0.25) is 5.91 Å². The Morgan fingerprint density at radius 1 is 1.47 bits per heavy atom. The van der Waals surface area contributed by atoms with E-state index in [9.17, 15) is 9.59 Å². The molecule has 0 aliphatic heterocycles. The third-order valence-electron chi connectivity index (χ3n) is 2.18. The van der Waals surface area contributed by atoms with Gasteiger partial charge in [-0.1, -0.05) is 11.6 Å². The van der Waals surface area contributed by atoms with Crippen molar-refractivity contribution in [1.29, 1.82) is 0 Å². The molecule has 0 bridgehead atoms. The maximum atomic E-state index is 12.0. The molecule has 2 amide bonds.